The first-order valence-electron chi connectivity index (χ1n) is 6.61. The second kappa shape index (κ2) is 7.97. The fourth-order valence-electron chi connectivity index (χ4n) is 1.77. The highest BCUT2D eigenvalue weighted by Gasteiger charge is 2.31. The van der Waals surface area contributed by atoms with Gasteiger partial charge in [-0.3, -0.25) is 4.99 Å². The van der Waals surface area contributed by atoms with E-state index in [-0.39, 0.29) is 0 Å². The molecule has 0 bridgehead atoms. The summed E-state index contributed by atoms with van der Waals surface area (Å²) >= 11 is 0. The highest BCUT2D eigenvalue weighted by Crippen LogP contribution is 2.16. The Morgan fingerprint density at radius 3 is 2.53 bits per heavy atom. The predicted molar refractivity (Wildman–Crippen MR) is 74.1 cm³/mol. The van der Waals surface area contributed by atoms with Crippen molar-refractivity contribution in [2.24, 2.45) is 4.99 Å². The standard InChI is InChI=1S/C12H26N2O2Si/c1-4-6-13-7-5-12-17(3)15-10-8-14(2)9-11-16-17/h7H,4-6,8-12H2,1-3H3. The SMILES string of the molecule is CCCN=CCC[Si]1(C)OCCN(C)CCO1. The first-order valence-corrected chi connectivity index (χ1v) is 9.13. The summed E-state index contributed by atoms with van der Waals surface area (Å²) in [5.74, 6) is 0. The molecule has 1 fully saturated rings. The largest absolute Gasteiger partial charge is 0.393 e. The van der Waals surface area contributed by atoms with Gasteiger partial charge in [0.1, 0.15) is 0 Å². The quantitative estimate of drug-likeness (QED) is 0.558. The zero-order valence-corrected chi connectivity index (χ0v) is 12.4. The summed E-state index contributed by atoms with van der Waals surface area (Å²) in [5, 5.41) is 0. The van der Waals surface area contributed by atoms with Crippen LogP contribution in [0, 0.1) is 0 Å². The zero-order valence-electron chi connectivity index (χ0n) is 11.4. The molecule has 1 heterocycles. The van der Waals surface area contributed by atoms with Crippen molar-refractivity contribution >= 4 is 14.8 Å². The van der Waals surface area contributed by atoms with Gasteiger partial charge in [0.2, 0.25) is 0 Å². The molecule has 1 saturated heterocycles. The van der Waals surface area contributed by atoms with Gasteiger partial charge in [0.25, 0.3) is 0 Å². The predicted octanol–water partition coefficient (Wildman–Crippen LogP) is 1.91. The molecule has 4 nitrogen and oxygen atoms in total. The van der Waals surface area contributed by atoms with Crippen molar-refractivity contribution in [3.63, 3.8) is 0 Å². The molecular weight excluding hydrogens is 232 g/mol. The molecule has 1 aliphatic rings. The van der Waals surface area contributed by atoms with E-state index >= 15 is 0 Å². The highest BCUT2D eigenvalue weighted by molar-refractivity contribution is 6.66. The van der Waals surface area contributed by atoms with Crippen LogP contribution in [0.25, 0.3) is 0 Å². The Balaban J connectivity index is 2.28. The second-order valence-electron chi connectivity index (χ2n) is 4.76. The van der Waals surface area contributed by atoms with Crippen LogP contribution in [0.15, 0.2) is 4.99 Å². The van der Waals surface area contributed by atoms with Crippen molar-refractivity contribution in [2.45, 2.75) is 32.4 Å². The average Bonchev–Trinajstić information content (AvgIpc) is 2.27. The number of nitrogens with zero attached hydrogens (tertiary/aromatic N) is 2. The van der Waals surface area contributed by atoms with Crippen LogP contribution in [0.5, 0.6) is 0 Å². The summed E-state index contributed by atoms with van der Waals surface area (Å²) in [6.45, 7) is 8.87. The molecular formula is C12H26N2O2Si. The Morgan fingerprint density at radius 2 is 1.94 bits per heavy atom. The first-order chi connectivity index (χ1) is 8.16. The molecule has 5 heteroatoms. The minimum Gasteiger partial charge on any atom is -0.393 e. The van der Waals surface area contributed by atoms with Gasteiger partial charge >= 0.3 is 8.56 Å². The monoisotopic (exact) mass is 258 g/mol. The van der Waals surface area contributed by atoms with Crippen LogP contribution >= 0.6 is 0 Å². The molecule has 0 radical (unpaired) electrons. The van der Waals surface area contributed by atoms with Gasteiger partial charge in [-0.2, -0.15) is 0 Å². The maximum Gasteiger partial charge on any atom is 0.335 e. The van der Waals surface area contributed by atoms with Gasteiger partial charge in [-0.25, -0.2) is 0 Å². The molecule has 100 valence electrons. The molecule has 1 aliphatic heterocycles. The summed E-state index contributed by atoms with van der Waals surface area (Å²) in [6, 6.07) is 1.02. The van der Waals surface area contributed by atoms with Crippen molar-refractivity contribution < 1.29 is 8.85 Å². The van der Waals surface area contributed by atoms with Crippen molar-refractivity contribution in [1.29, 1.82) is 0 Å². The summed E-state index contributed by atoms with van der Waals surface area (Å²) < 4.78 is 11.9. The number of hydrogen-bond acceptors (Lipinski definition) is 4. The molecule has 0 aromatic rings. The lowest BCUT2D eigenvalue weighted by Gasteiger charge is -2.31. The van der Waals surface area contributed by atoms with E-state index < -0.39 is 8.56 Å². The van der Waals surface area contributed by atoms with Crippen LogP contribution in [0.3, 0.4) is 0 Å². The van der Waals surface area contributed by atoms with Crippen molar-refractivity contribution in [2.75, 3.05) is 39.9 Å². The normalized spacial score (nSPS) is 22.5. The van der Waals surface area contributed by atoms with Gasteiger partial charge in [0, 0.05) is 32.8 Å². The van der Waals surface area contributed by atoms with Gasteiger partial charge in [-0.15, -0.1) is 0 Å². The Labute approximate surface area is 106 Å². The van der Waals surface area contributed by atoms with Crippen LogP contribution < -0.4 is 0 Å². The van der Waals surface area contributed by atoms with E-state index in [1.165, 1.54) is 0 Å². The number of aliphatic imine (C=N–C) groups is 1. The minimum absolute atomic E-state index is 0.797. The molecule has 0 aromatic carbocycles. The molecule has 0 atom stereocenters. The van der Waals surface area contributed by atoms with Gasteiger partial charge in [0.05, 0.1) is 0 Å². The zero-order chi connectivity index (χ0) is 12.6. The minimum atomic E-state index is -1.93. The molecule has 17 heavy (non-hydrogen) atoms. The Morgan fingerprint density at radius 1 is 1.29 bits per heavy atom. The van der Waals surface area contributed by atoms with Gasteiger partial charge in [-0.05, 0) is 38.7 Å². The number of hydrogen-bond donors (Lipinski definition) is 0. The summed E-state index contributed by atoms with van der Waals surface area (Å²) in [4.78, 5) is 6.58. The molecule has 1 rings (SSSR count). The Kier molecular flexibility index (Phi) is 6.95. The Hall–Kier alpha value is -0.233. The third kappa shape index (κ3) is 6.31. The fourth-order valence-corrected chi connectivity index (χ4v) is 3.84. The van der Waals surface area contributed by atoms with Crippen molar-refractivity contribution in [1.82, 2.24) is 4.90 Å². The molecule has 0 unspecified atom stereocenters. The number of likely N-dealkylation sites (N-methyl/N-ethyl adjacent to an activating group) is 1. The molecule has 0 aliphatic carbocycles. The van der Waals surface area contributed by atoms with Gasteiger partial charge in [0.15, 0.2) is 0 Å². The lowest BCUT2D eigenvalue weighted by atomic mass is 10.5. The van der Waals surface area contributed by atoms with Crippen molar-refractivity contribution in [3.8, 4) is 0 Å². The molecule has 0 amide bonds. The maximum atomic E-state index is 5.96. The summed E-state index contributed by atoms with van der Waals surface area (Å²) in [7, 11) is 0.179. The lowest BCUT2D eigenvalue weighted by molar-refractivity contribution is 0.109. The third-order valence-corrected chi connectivity index (χ3v) is 5.80. The van der Waals surface area contributed by atoms with E-state index in [9.17, 15) is 0 Å². The maximum absolute atomic E-state index is 5.96. The number of rotatable bonds is 5. The van der Waals surface area contributed by atoms with Gasteiger partial charge in [-0.1, -0.05) is 6.92 Å². The van der Waals surface area contributed by atoms with Crippen LogP contribution in [-0.4, -0.2) is 59.6 Å². The van der Waals surface area contributed by atoms with Gasteiger partial charge < -0.3 is 13.8 Å². The van der Waals surface area contributed by atoms with E-state index in [1.54, 1.807) is 0 Å². The topological polar surface area (TPSA) is 34.1 Å². The van der Waals surface area contributed by atoms with Crippen molar-refractivity contribution in [3.05, 3.63) is 0 Å². The van der Waals surface area contributed by atoms with E-state index in [0.29, 0.717) is 0 Å². The summed E-state index contributed by atoms with van der Waals surface area (Å²) in [6.07, 6.45) is 4.13. The summed E-state index contributed by atoms with van der Waals surface area (Å²) in [5.41, 5.74) is 0. The van der Waals surface area contributed by atoms with Crippen LogP contribution in [0.2, 0.25) is 12.6 Å². The van der Waals surface area contributed by atoms with E-state index in [0.717, 1.165) is 51.7 Å². The van der Waals surface area contributed by atoms with Crippen LogP contribution in [-0.2, 0) is 8.85 Å². The van der Waals surface area contributed by atoms with E-state index in [4.69, 9.17) is 8.85 Å². The van der Waals surface area contributed by atoms with Crippen LogP contribution in [0.1, 0.15) is 19.8 Å². The third-order valence-electron chi connectivity index (χ3n) is 2.97. The highest BCUT2D eigenvalue weighted by atomic mass is 28.4. The first kappa shape index (κ1) is 14.8. The molecule has 0 N–H and O–H groups in total. The smallest absolute Gasteiger partial charge is 0.335 e. The Bertz CT molecular complexity index is 227. The fraction of sp³-hybridized carbons (Fsp3) is 0.917. The van der Waals surface area contributed by atoms with Crippen LogP contribution in [0.4, 0.5) is 0 Å². The van der Waals surface area contributed by atoms with E-state index in [1.807, 2.05) is 6.21 Å². The van der Waals surface area contributed by atoms with E-state index in [2.05, 4.69) is 30.4 Å². The molecule has 0 spiro atoms. The average molecular weight is 258 g/mol. The second-order valence-corrected chi connectivity index (χ2v) is 8.11. The lowest BCUT2D eigenvalue weighted by Crippen LogP contribution is -2.45. The molecule has 0 aromatic heterocycles. The molecule has 0 saturated carbocycles.